The van der Waals surface area contributed by atoms with Crippen LogP contribution >= 0.6 is 0 Å². The van der Waals surface area contributed by atoms with Gasteiger partial charge in [0.15, 0.2) is 0 Å². The molecule has 0 atom stereocenters. The first-order chi connectivity index (χ1) is 12.0. The molecular weight excluding hydrogens is 320 g/mol. The average molecular weight is 346 g/mol. The summed E-state index contributed by atoms with van der Waals surface area (Å²) in [4.78, 5) is 36.8. The quantitative estimate of drug-likeness (QED) is 0.794. The Labute approximate surface area is 148 Å². The van der Waals surface area contributed by atoms with E-state index in [4.69, 9.17) is 5.11 Å². The van der Waals surface area contributed by atoms with Gasteiger partial charge in [0, 0.05) is 37.2 Å². The predicted molar refractivity (Wildman–Crippen MR) is 95.5 cm³/mol. The Balaban J connectivity index is 1.94. The number of hydrogen-bond donors (Lipinski definition) is 2. The van der Waals surface area contributed by atoms with E-state index in [1.54, 1.807) is 31.3 Å². The molecule has 6 heteroatoms. The molecule has 1 saturated carbocycles. The van der Waals surface area contributed by atoms with Crippen LogP contribution in [-0.2, 0) is 9.59 Å². The first-order valence-corrected chi connectivity index (χ1v) is 8.85. The average Bonchev–Trinajstić information content (AvgIpc) is 2.61. The number of nitrogens with one attached hydrogen (secondary N) is 1. The lowest BCUT2D eigenvalue weighted by Gasteiger charge is -2.21. The Morgan fingerprint density at radius 2 is 1.92 bits per heavy atom. The Morgan fingerprint density at radius 3 is 2.60 bits per heavy atom. The Kier molecular flexibility index (Phi) is 6.98. The van der Waals surface area contributed by atoms with E-state index in [9.17, 15) is 14.4 Å². The molecule has 136 valence electrons. The fourth-order valence-electron chi connectivity index (χ4n) is 3.13. The van der Waals surface area contributed by atoms with Crippen molar-refractivity contribution in [3.05, 3.63) is 29.8 Å². The van der Waals surface area contributed by atoms with Crippen molar-refractivity contribution in [1.29, 1.82) is 0 Å². The summed E-state index contributed by atoms with van der Waals surface area (Å²) in [6.07, 6.45) is 5.69. The molecule has 0 aromatic heterocycles. The minimum Gasteiger partial charge on any atom is -0.481 e. The second-order valence-corrected chi connectivity index (χ2v) is 6.63. The zero-order valence-electron chi connectivity index (χ0n) is 14.7. The fraction of sp³-hybridized carbons (Fsp3) is 0.526. The number of aliphatic carboxylic acids is 1. The maximum atomic E-state index is 12.4. The van der Waals surface area contributed by atoms with Crippen molar-refractivity contribution in [2.45, 2.75) is 44.9 Å². The van der Waals surface area contributed by atoms with Crippen LogP contribution in [0.3, 0.4) is 0 Å². The Morgan fingerprint density at radius 1 is 1.20 bits per heavy atom. The molecule has 0 unspecified atom stereocenters. The summed E-state index contributed by atoms with van der Waals surface area (Å²) in [5.41, 5.74) is 1.11. The van der Waals surface area contributed by atoms with Gasteiger partial charge in [-0.2, -0.15) is 0 Å². The predicted octanol–water partition coefficient (Wildman–Crippen LogP) is 3.14. The number of hydrogen-bond acceptors (Lipinski definition) is 3. The summed E-state index contributed by atoms with van der Waals surface area (Å²) in [7, 11) is 1.65. The van der Waals surface area contributed by atoms with Gasteiger partial charge in [-0.1, -0.05) is 25.3 Å². The van der Waals surface area contributed by atoms with Crippen LogP contribution in [-0.4, -0.2) is 41.4 Å². The highest BCUT2D eigenvalue weighted by molar-refractivity contribution is 5.97. The van der Waals surface area contributed by atoms with Crippen molar-refractivity contribution >= 4 is 23.5 Å². The van der Waals surface area contributed by atoms with Gasteiger partial charge in [0.2, 0.25) is 5.91 Å². The van der Waals surface area contributed by atoms with Crippen LogP contribution in [0.25, 0.3) is 0 Å². The second-order valence-electron chi connectivity index (χ2n) is 6.63. The van der Waals surface area contributed by atoms with Crippen molar-refractivity contribution < 1.29 is 19.5 Å². The fourth-order valence-corrected chi connectivity index (χ4v) is 3.13. The lowest BCUT2D eigenvalue weighted by atomic mass is 9.88. The van der Waals surface area contributed by atoms with Gasteiger partial charge < -0.3 is 15.3 Å². The molecule has 2 amide bonds. The summed E-state index contributed by atoms with van der Waals surface area (Å²) in [6.45, 7) is 0.379. The third kappa shape index (κ3) is 5.89. The summed E-state index contributed by atoms with van der Waals surface area (Å²) in [5.74, 6) is -0.960. The Bertz CT molecular complexity index is 624. The molecule has 0 aliphatic heterocycles. The van der Waals surface area contributed by atoms with Crippen LogP contribution in [0.1, 0.15) is 55.3 Å². The molecular formula is C19H26N2O4. The van der Waals surface area contributed by atoms with E-state index in [1.165, 1.54) is 11.3 Å². The van der Waals surface area contributed by atoms with Gasteiger partial charge in [-0.15, -0.1) is 0 Å². The molecule has 1 aliphatic carbocycles. The lowest BCUT2D eigenvalue weighted by Crippen LogP contribution is -2.28. The Hall–Kier alpha value is -2.37. The topological polar surface area (TPSA) is 86.7 Å². The van der Waals surface area contributed by atoms with Crippen LogP contribution in [0, 0.1) is 5.92 Å². The lowest BCUT2D eigenvalue weighted by molar-refractivity contribution is -0.137. The van der Waals surface area contributed by atoms with E-state index >= 15 is 0 Å². The maximum Gasteiger partial charge on any atom is 0.303 e. The van der Waals surface area contributed by atoms with Crippen LogP contribution in [0.2, 0.25) is 0 Å². The zero-order valence-corrected chi connectivity index (χ0v) is 14.7. The highest BCUT2D eigenvalue weighted by Crippen LogP contribution is 2.25. The number of carboxylic acid groups (broad SMARTS) is 1. The van der Waals surface area contributed by atoms with E-state index in [-0.39, 0.29) is 24.2 Å². The molecule has 0 spiro atoms. The van der Waals surface area contributed by atoms with Gasteiger partial charge in [-0.05, 0) is 37.5 Å². The summed E-state index contributed by atoms with van der Waals surface area (Å²) in [6, 6.07) is 6.90. The molecule has 0 bridgehead atoms. The number of carbonyl (C=O) groups is 3. The second kappa shape index (κ2) is 9.20. The number of carboxylic acids is 1. The van der Waals surface area contributed by atoms with Gasteiger partial charge in [-0.3, -0.25) is 14.4 Å². The summed E-state index contributed by atoms with van der Waals surface area (Å²) in [5, 5.41) is 11.6. The largest absolute Gasteiger partial charge is 0.481 e. The third-order valence-corrected chi connectivity index (χ3v) is 4.58. The van der Waals surface area contributed by atoms with E-state index in [0.717, 1.165) is 25.7 Å². The molecule has 2 rings (SSSR count). The van der Waals surface area contributed by atoms with Crippen LogP contribution in [0.5, 0.6) is 0 Å². The highest BCUT2D eigenvalue weighted by atomic mass is 16.4. The van der Waals surface area contributed by atoms with Gasteiger partial charge in [0.05, 0.1) is 0 Å². The monoisotopic (exact) mass is 346 g/mol. The van der Waals surface area contributed by atoms with Crippen LogP contribution in [0.4, 0.5) is 5.69 Å². The first kappa shape index (κ1) is 19.0. The van der Waals surface area contributed by atoms with Gasteiger partial charge in [-0.25, -0.2) is 0 Å². The van der Waals surface area contributed by atoms with E-state index in [0.29, 0.717) is 24.2 Å². The summed E-state index contributed by atoms with van der Waals surface area (Å²) < 4.78 is 0. The number of carbonyl (C=O) groups excluding carboxylic acids is 2. The molecule has 1 aliphatic rings. The van der Waals surface area contributed by atoms with Crippen molar-refractivity contribution in [1.82, 2.24) is 4.90 Å². The van der Waals surface area contributed by atoms with E-state index in [2.05, 4.69) is 5.32 Å². The molecule has 1 aromatic rings. The van der Waals surface area contributed by atoms with Crippen molar-refractivity contribution in [3.8, 4) is 0 Å². The molecule has 25 heavy (non-hydrogen) atoms. The number of amides is 2. The van der Waals surface area contributed by atoms with Crippen LogP contribution < -0.4 is 5.32 Å². The maximum absolute atomic E-state index is 12.4. The molecule has 0 radical (unpaired) electrons. The zero-order chi connectivity index (χ0) is 18.2. The summed E-state index contributed by atoms with van der Waals surface area (Å²) >= 11 is 0. The van der Waals surface area contributed by atoms with E-state index < -0.39 is 5.97 Å². The van der Waals surface area contributed by atoms with Gasteiger partial charge in [0.25, 0.3) is 5.91 Å². The number of anilines is 1. The van der Waals surface area contributed by atoms with Gasteiger partial charge >= 0.3 is 5.97 Å². The molecule has 0 heterocycles. The van der Waals surface area contributed by atoms with Gasteiger partial charge in [0.1, 0.15) is 0 Å². The SMILES string of the molecule is CN(CCCC(=O)O)C(=O)c1cccc(NC(=O)C2CCCCC2)c1. The molecule has 6 nitrogen and oxygen atoms in total. The van der Waals surface area contributed by atoms with E-state index in [1.807, 2.05) is 0 Å². The third-order valence-electron chi connectivity index (χ3n) is 4.58. The molecule has 2 N–H and O–H groups in total. The van der Waals surface area contributed by atoms with Crippen molar-refractivity contribution in [2.24, 2.45) is 5.92 Å². The van der Waals surface area contributed by atoms with Crippen molar-refractivity contribution in [3.63, 3.8) is 0 Å². The van der Waals surface area contributed by atoms with Crippen LogP contribution in [0.15, 0.2) is 24.3 Å². The smallest absolute Gasteiger partial charge is 0.303 e. The molecule has 1 aromatic carbocycles. The van der Waals surface area contributed by atoms with Crippen molar-refractivity contribution in [2.75, 3.05) is 18.9 Å². The standard InChI is InChI=1S/C19H26N2O4/c1-21(12-6-11-17(22)23)19(25)15-9-5-10-16(13-15)20-18(24)14-7-3-2-4-8-14/h5,9-10,13-14H,2-4,6-8,11-12H2,1H3,(H,20,24)(H,22,23). The molecule has 1 fully saturated rings. The molecule has 0 saturated heterocycles. The highest BCUT2D eigenvalue weighted by Gasteiger charge is 2.21. The minimum atomic E-state index is -0.867. The normalized spacial score (nSPS) is 14.8. The first-order valence-electron chi connectivity index (χ1n) is 8.85. The number of benzene rings is 1. The number of nitrogens with zero attached hydrogens (tertiary/aromatic N) is 1. The number of rotatable bonds is 7. The minimum absolute atomic E-state index is 0.0270.